The molecule has 2 rings (SSSR count). The number of thiazole rings is 1. The van der Waals surface area contributed by atoms with Crippen LogP contribution in [0.4, 0.5) is 9.93 Å². The average molecular weight is 386 g/mol. The van der Waals surface area contributed by atoms with E-state index in [1.807, 2.05) is 58.3 Å². The van der Waals surface area contributed by atoms with Crippen molar-refractivity contribution in [3.8, 4) is 0 Å². The molecule has 0 bridgehead atoms. The van der Waals surface area contributed by atoms with Crippen LogP contribution in [0.5, 0.6) is 0 Å². The van der Waals surface area contributed by atoms with Gasteiger partial charge in [0, 0.05) is 17.3 Å². The first-order valence-electron chi connectivity index (χ1n) is 8.94. The van der Waals surface area contributed by atoms with E-state index >= 15 is 0 Å². The molecule has 0 aliphatic rings. The fraction of sp³-hybridized carbons (Fsp3) is 0.381. The number of carbonyl (C=O) groups is 1. The molecule has 2 aromatic heterocycles. The van der Waals surface area contributed by atoms with Gasteiger partial charge in [0.1, 0.15) is 5.60 Å². The number of nitrogens with one attached hydrogen (secondary N) is 1. The van der Waals surface area contributed by atoms with Crippen molar-refractivity contribution in [3.63, 3.8) is 0 Å². The van der Waals surface area contributed by atoms with Gasteiger partial charge in [-0.3, -0.25) is 10.3 Å². The molecule has 1 amide bonds. The van der Waals surface area contributed by atoms with Gasteiger partial charge in [0.25, 0.3) is 0 Å². The Morgan fingerprint density at radius 2 is 2.15 bits per heavy atom. The van der Waals surface area contributed by atoms with Gasteiger partial charge in [-0.05, 0) is 69.4 Å². The fourth-order valence-corrected chi connectivity index (χ4v) is 3.27. The summed E-state index contributed by atoms with van der Waals surface area (Å²) in [7, 11) is 0. The highest BCUT2D eigenvalue weighted by Crippen LogP contribution is 2.25. The summed E-state index contributed by atoms with van der Waals surface area (Å²) in [5.41, 5.74) is 3.67. The molecule has 0 fully saturated rings. The van der Waals surface area contributed by atoms with E-state index < -0.39 is 11.7 Å². The molecule has 0 radical (unpaired) electrons. The Kier molecular flexibility index (Phi) is 6.91. The number of carbonyl (C=O) groups excluding carboxylic acids is 1. The minimum absolute atomic E-state index is 0.496. The maximum Gasteiger partial charge on any atom is 0.413 e. The molecule has 0 aliphatic carbocycles. The van der Waals surface area contributed by atoms with Crippen LogP contribution in [0.3, 0.4) is 0 Å². The molecule has 27 heavy (non-hydrogen) atoms. The molecule has 144 valence electrons. The van der Waals surface area contributed by atoms with Gasteiger partial charge in [0.2, 0.25) is 0 Å². The molecule has 0 aromatic carbocycles. The van der Waals surface area contributed by atoms with E-state index in [1.54, 1.807) is 0 Å². The molecular weight excluding hydrogens is 358 g/mol. The lowest BCUT2D eigenvalue weighted by atomic mass is 9.99. The summed E-state index contributed by atoms with van der Waals surface area (Å²) in [5.74, 6) is 0. The number of aromatic nitrogens is 2. The monoisotopic (exact) mass is 385 g/mol. The second-order valence-corrected chi connectivity index (χ2v) is 8.39. The van der Waals surface area contributed by atoms with Crippen LogP contribution in [0.25, 0.3) is 11.6 Å². The lowest BCUT2D eigenvalue weighted by Gasteiger charge is -2.18. The number of hydrogen-bond donors (Lipinski definition) is 1. The minimum Gasteiger partial charge on any atom is -0.444 e. The van der Waals surface area contributed by atoms with Gasteiger partial charge in [-0.15, -0.1) is 11.3 Å². The maximum atomic E-state index is 11.9. The van der Waals surface area contributed by atoms with Crippen LogP contribution in [-0.2, 0) is 11.2 Å². The third-order valence-electron chi connectivity index (χ3n) is 3.75. The fourth-order valence-electron chi connectivity index (χ4n) is 2.48. The number of rotatable bonds is 6. The summed E-state index contributed by atoms with van der Waals surface area (Å²) < 4.78 is 5.26. The van der Waals surface area contributed by atoms with Crippen LogP contribution in [0.1, 0.15) is 55.8 Å². The molecule has 2 aromatic rings. The Bertz CT molecular complexity index is 847. The SMILES string of the molecule is C=C(C/C=C\c1nc(NC(=O)OC(C)(C)C)sc1C)c1cnccc1CC. The lowest BCUT2D eigenvalue weighted by Crippen LogP contribution is -2.27. The van der Waals surface area contributed by atoms with Gasteiger partial charge in [-0.25, -0.2) is 9.78 Å². The molecule has 0 unspecified atom stereocenters. The molecule has 5 nitrogen and oxygen atoms in total. The van der Waals surface area contributed by atoms with Crippen molar-refractivity contribution in [1.82, 2.24) is 9.97 Å². The number of nitrogens with zero attached hydrogens (tertiary/aromatic N) is 2. The van der Waals surface area contributed by atoms with Crippen LogP contribution < -0.4 is 5.32 Å². The number of pyridine rings is 1. The number of ether oxygens (including phenoxy) is 1. The predicted molar refractivity (Wildman–Crippen MR) is 113 cm³/mol. The van der Waals surface area contributed by atoms with E-state index in [-0.39, 0.29) is 0 Å². The van der Waals surface area contributed by atoms with Gasteiger partial charge >= 0.3 is 6.09 Å². The maximum absolute atomic E-state index is 11.9. The van der Waals surface area contributed by atoms with Gasteiger partial charge in [0.15, 0.2) is 5.13 Å². The largest absolute Gasteiger partial charge is 0.444 e. The van der Waals surface area contributed by atoms with E-state index in [0.717, 1.165) is 28.1 Å². The standard InChI is InChI=1S/C21H27N3O2S/c1-7-16-11-12-22-13-17(16)14(2)9-8-10-18-15(3)27-19(23-18)24-20(25)26-21(4,5)6/h8,10-13H,2,7,9H2,1,3-6H3,(H,23,24,25)/b10-8-. The third-order valence-corrected chi connectivity index (χ3v) is 4.66. The number of allylic oxidation sites excluding steroid dienone is 2. The third kappa shape index (κ3) is 6.32. The second kappa shape index (κ2) is 8.95. The molecule has 6 heteroatoms. The van der Waals surface area contributed by atoms with Crippen LogP contribution in [0.15, 0.2) is 31.1 Å². The van der Waals surface area contributed by atoms with Gasteiger partial charge < -0.3 is 4.74 Å². The smallest absolute Gasteiger partial charge is 0.413 e. The van der Waals surface area contributed by atoms with Gasteiger partial charge in [-0.1, -0.05) is 19.6 Å². The molecule has 2 heterocycles. The van der Waals surface area contributed by atoms with Gasteiger partial charge in [-0.2, -0.15) is 0 Å². The molecule has 1 N–H and O–H groups in total. The first kappa shape index (κ1) is 20.8. The van der Waals surface area contributed by atoms with Crippen molar-refractivity contribution in [1.29, 1.82) is 0 Å². The zero-order chi connectivity index (χ0) is 20.0. The summed E-state index contributed by atoms with van der Waals surface area (Å²) in [6.45, 7) is 13.8. The quantitative estimate of drug-likeness (QED) is 0.675. The topological polar surface area (TPSA) is 64.1 Å². The molecule has 0 saturated heterocycles. The van der Waals surface area contributed by atoms with Gasteiger partial charge in [0.05, 0.1) is 5.69 Å². The Hall–Kier alpha value is -2.47. The van der Waals surface area contributed by atoms with Crippen molar-refractivity contribution in [2.45, 2.75) is 53.1 Å². The Morgan fingerprint density at radius 3 is 2.81 bits per heavy atom. The normalized spacial score (nSPS) is 11.6. The zero-order valence-electron chi connectivity index (χ0n) is 16.6. The highest BCUT2D eigenvalue weighted by atomic mass is 32.1. The van der Waals surface area contributed by atoms with Crippen LogP contribution >= 0.6 is 11.3 Å². The van der Waals surface area contributed by atoms with Crippen LogP contribution in [0.2, 0.25) is 0 Å². The Balaban J connectivity index is 2.00. The van der Waals surface area contributed by atoms with Crippen molar-refractivity contribution >= 4 is 34.2 Å². The van der Waals surface area contributed by atoms with E-state index in [1.165, 1.54) is 16.9 Å². The summed E-state index contributed by atoms with van der Waals surface area (Å²) in [6.07, 6.45) is 8.84. The predicted octanol–water partition coefficient (Wildman–Crippen LogP) is 5.87. The summed E-state index contributed by atoms with van der Waals surface area (Å²) in [5, 5.41) is 3.21. The van der Waals surface area contributed by atoms with E-state index in [4.69, 9.17) is 4.74 Å². The highest BCUT2D eigenvalue weighted by molar-refractivity contribution is 7.15. The number of hydrogen-bond acceptors (Lipinski definition) is 5. The number of aryl methyl sites for hydroxylation is 2. The van der Waals surface area contributed by atoms with Crippen molar-refractivity contribution in [2.24, 2.45) is 0 Å². The minimum atomic E-state index is -0.539. The Morgan fingerprint density at radius 1 is 1.41 bits per heavy atom. The molecular formula is C21H27N3O2S. The van der Waals surface area contributed by atoms with E-state index in [2.05, 4.69) is 28.8 Å². The first-order chi connectivity index (χ1) is 12.7. The average Bonchev–Trinajstić information content (AvgIpc) is 2.92. The molecule has 0 saturated carbocycles. The Labute approximate surface area is 165 Å². The molecule has 0 spiro atoms. The summed E-state index contributed by atoms with van der Waals surface area (Å²) >= 11 is 1.42. The first-order valence-corrected chi connectivity index (χ1v) is 9.76. The van der Waals surface area contributed by atoms with E-state index in [9.17, 15) is 4.79 Å². The molecule has 0 atom stereocenters. The van der Waals surface area contributed by atoms with Crippen molar-refractivity contribution in [2.75, 3.05) is 5.32 Å². The lowest BCUT2D eigenvalue weighted by molar-refractivity contribution is 0.0636. The van der Waals surface area contributed by atoms with Crippen LogP contribution in [0, 0.1) is 6.92 Å². The summed E-state index contributed by atoms with van der Waals surface area (Å²) in [6, 6.07) is 2.03. The second-order valence-electron chi connectivity index (χ2n) is 7.18. The number of anilines is 1. The van der Waals surface area contributed by atoms with Crippen molar-refractivity contribution in [3.05, 3.63) is 52.8 Å². The number of amides is 1. The zero-order valence-corrected chi connectivity index (χ0v) is 17.4. The van der Waals surface area contributed by atoms with Crippen LogP contribution in [-0.4, -0.2) is 21.7 Å². The summed E-state index contributed by atoms with van der Waals surface area (Å²) in [4.78, 5) is 21.6. The van der Waals surface area contributed by atoms with E-state index in [0.29, 0.717) is 11.6 Å². The highest BCUT2D eigenvalue weighted by Gasteiger charge is 2.17. The molecule has 0 aliphatic heterocycles. The van der Waals surface area contributed by atoms with Crippen molar-refractivity contribution < 1.29 is 9.53 Å².